The Morgan fingerprint density at radius 3 is 2.71 bits per heavy atom. The van der Waals surface area contributed by atoms with Gasteiger partial charge >= 0.3 is 0 Å². The largest absolute Gasteiger partial charge is 0.392 e. The average molecular weight is 233 g/mol. The summed E-state index contributed by atoms with van der Waals surface area (Å²) in [5.41, 5.74) is 11.3. The minimum atomic E-state index is -0.568. The first kappa shape index (κ1) is 12.5. The number of nitrogens with zero attached hydrogens (tertiary/aromatic N) is 1. The number of nitrogen functional groups attached to an aromatic ring is 1. The molecule has 0 saturated heterocycles. The van der Waals surface area contributed by atoms with Gasteiger partial charge in [0.1, 0.15) is 5.69 Å². The van der Waals surface area contributed by atoms with Crippen LogP contribution in [0, 0.1) is 28.9 Å². The Kier molecular flexibility index (Phi) is 3.67. The molecule has 4 N–H and O–H groups in total. The van der Waals surface area contributed by atoms with Crippen LogP contribution in [0.4, 0.5) is 11.4 Å². The Balaban J connectivity index is 3.19. The lowest BCUT2D eigenvalue weighted by molar-refractivity contribution is -0.384. The summed E-state index contributed by atoms with van der Waals surface area (Å²) in [6, 6.07) is 2.99. The van der Waals surface area contributed by atoms with E-state index < -0.39 is 10.8 Å². The van der Waals surface area contributed by atoms with Crippen LogP contribution in [0.15, 0.2) is 12.1 Å². The van der Waals surface area contributed by atoms with Crippen molar-refractivity contribution in [2.24, 2.45) is 5.73 Å². The van der Waals surface area contributed by atoms with Crippen LogP contribution in [0.3, 0.4) is 0 Å². The monoisotopic (exact) mass is 233 g/mol. The van der Waals surface area contributed by atoms with Gasteiger partial charge in [-0.2, -0.15) is 0 Å². The first-order valence-corrected chi connectivity index (χ1v) is 4.73. The molecule has 0 aliphatic carbocycles. The number of rotatable bonds is 2. The predicted molar refractivity (Wildman–Crippen MR) is 62.9 cm³/mol. The molecule has 0 bridgehead atoms. The predicted octanol–water partition coefficient (Wildman–Crippen LogP) is 0.712. The molecule has 0 saturated carbocycles. The third-order valence-electron chi connectivity index (χ3n) is 1.98. The van der Waals surface area contributed by atoms with E-state index in [2.05, 4.69) is 11.8 Å². The fourth-order valence-electron chi connectivity index (χ4n) is 1.26. The van der Waals surface area contributed by atoms with Gasteiger partial charge < -0.3 is 11.5 Å². The van der Waals surface area contributed by atoms with Gasteiger partial charge in [0.15, 0.2) is 0 Å². The van der Waals surface area contributed by atoms with Crippen molar-refractivity contribution in [1.29, 1.82) is 0 Å². The van der Waals surface area contributed by atoms with Crippen LogP contribution >= 0.6 is 0 Å². The van der Waals surface area contributed by atoms with Gasteiger partial charge in [-0.05, 0) is 18.6 Å². The summed E-state index contributed by atoms with van der Waals surface area (Å²) in [6.07, 6.45) is -0.110. The van der Waals surface area contributed by atoms with Gasteiger partial charge in [-0.1, -0.05) is 11.8 Å². The fraction of sp³-hybridized carbons (Fsp3) is 0.182. The minimum Gasteiger partial charge on any atom is -0.392 e. The van der Waals surface area contributed by atoms with E-state index in [0.29, 0.717) is 11.1 Å². The molecule has 1 amide bonds. The Bertz CT molecular complexity index is 541. The van der Waals surface area contributed by atoms with Gasteiger partial charge in [0.2, 0.25) is 5.91 Å². The molecular weight excluding hydrogens is 222 g/mol. The minimum absolute atomic E-state index is 0.00225. The van der Waals surface area contributed by atoms with Gasteiger partial charge in [-0.15, -0.1) is 0 Å². The highest BCUT2D eigenvalue weighted by atomic mass is 16.6. The number of aryl methyl sites for hydroxylation is 1. The summed E-state index contributed by atoms with van der Waals surface area (Å²) >= 11 is 0. The van der Waals surface area contributed by atoms with E-state index in [4.69, 9.17) is 11.5 Å². The number of carbonyl (C=O) groups is 1. The Hall–Kier alpha value is -2.55. The van der Waals surface area contributed by atoms with E-state index in [1.807, 2.05) is 0 Å². The number of amides is 1. The van der Waals surface area contributed by atoms with Crippen LogP contribution in [-0.4, -0.2) is 10.8 Å². The number of nitrogens with two attached hydrogens (primary N) is 2. The maximum Gasteiger partial charge on any atom is 0.293 e. The summed E-state index contributed by atoms with van der Waals surface area (Å²) in [5, 5.41) is 10.7. The molecule has 6 heteroatoms. The second-order valence-electron chi connectivity index (χ2n) is 3.45. The van der Waals surface area contributed by atoms with Crippen LogP contribution in [-0.2, 0) is 4.79 Å². The number of nitro benzene ring substituents is 1. The maximum absolute atomic E-state index is 10.7. The summed E-state index contributed by atoms with van der Waals surface area (Å²) in [4.78, 5) is 20.6. The van der Waals surface area contributed by atoms with Gasteiger partial charge in [0, 0.05) is 6.07 Å². The molecule has 0 radical (unpaired) electrons. The van der Waals surface area contributed by atoms with Gasteiger partial charge in [0.25, 0.3) is 5.69 Å². The van der Waals surface area contributed by atoms with Crippen molar-refractivity contribution in [1.82, 2.24) is 0 Å². The van der Waals surface area contributed by atoms with Crippen molar-refractivity contribution in [2.75, 3.05) is 5.73 Å². The zero-order valence-electron chi connectivity index (χ0n) is 9.19. The highest BCUT2D eigenvalue weighted by molar-refractivity contribution is 5.77. The second kappa shape index (κ2) is 4.99. The van der Waals surface area contributed by atoms with Crippen LogP contribution < -0.4 is 11.5 Å². The number of carbonyl (C=O) groups excluding carboxylic acids is 1. The fourth-order valence-corrected chi connectivity index (χ4v) is 1.26. The molecule has 88 valence electrons. The Morgan fingerprint density at radius 2 is 2.18 bits per heavy atom. The van der Waals surface area contributed by atoms with Crippen LogP contribution in [0.5, 0.6) is 0 Å². The molecule has 0 aliphatic rings. The average Bonchev–Trinajstić information content (AvgIpc) is 2.21. The third kappa shape index (κ3) is 3.21. The van der Waals surface area contributed by atoms with Crippen LogP contribution in [0.25, 0.3) is 0 Å². The van der Waals surface area contributed by atoms with E-state index in [1.54, 1.807) is 13.0 Å². The molecule has 6 nitrogen and oxygen atoms in total. The SMILES string of the molecule is Cc1cc(C#CCC(N)=O)c(N)c([N+](=O)[O-])c1. The zero-order valence-corrected chi connectivity index (χ0v) is 9.19. The summed E-state index contributed by atoms with van der Waals surface area (Å²) in [5.74, 6) is 4.55. The van der Waals surface area contributed by atoms with E-state index in [1.165, 1.54) is 6.07 Å². The normalized spacial score (nSPS) is 9.24. The Labute approximate surface area is 97.7 Å². The van der Waals surface area contributed by atoms with E-state index in [-0.39, 0.29) is 17.8 Å². The highest BCUT2D eigenvalue weighted by Gasteiger charge is 2.14. The number of hydrogen-bond acceptors (Lipinski definition) is 4. The zero-order chi connectivity index (χ0) is 13.0. The smallest absolute Gasteiger partial charge is 0.293 e. The molecule has 1 aromatic rings. The molecule has 1 rings (SSSR count). The van der Waals surface area contributed by atoms with Crippen molar-refractivity contribution >= 4 is 17.3 Å². The highest BCUT2D eigenvalue weighted by Crippen LogP contribution is 2.26. The molecule has 0 aliphatic heterocycles. The van der Waals surface area contributed by atoms with E-state index in [0.717, 1.165) is 0 Å². The Morgan fingerprint density at radius 1 is 1.53 bits per heavy atom. The molecule has 0 heterocycles. The summed E-state index contributed by atoms with van der Waals surface area (Å²) < 4.78 is 0. The summed E-state index contributed by atoms with van der Waals surface area (Å²) in [7, 11) is 0. The van der Waals surface area contributed by atoms with Crippen molar-refractivity contribution < 1.29 is 9.72 Å². The molecule has 0 spiro atoms. The quantitative estimate of drug-likeness (QED) is 0.339. The number of benzene rings is 1. The van der Waals surface area contributed by atoms with E-state index in [9.17, 15) is 14.9 Å². The number of nitro groups is 1. The van der Waals surface area contributed by atoms with Gasteiger partial charge in [-0.25, -0.2) is 0 Å². The number of primary amides is 1. The third-order valence-corrected chi connectivity index (χ3v) is 1.98. The lowest BCUT2D eigenvalue weighted by atomic mass is 10.1. The number of anilines is 1. The van der Waals surface area contributed by atoms with Crippen LogP contribution in [0.1, 0.15) is 17.5 Å². The topological polar surface area (TPSA) is 112 Å². The molecule has 0 fully saturated rings. The molecule has 0 unspecified atom stereocenters. The summed E-state index contributed by atoms with van der Waals surface area (Å²) in [6.45, 7) is 1.70. The molecule has 17 heavy (non-hydrogen) atoms. The second-order valence-corrected chi connectivity index (χ2v) is 3.45. The van der Waals surface area contributed by atoms with Crippen molar-refractivity contribution in [3.63, 3.8) is 0 Å². The first-order chi connectivity index (χ1) is 7.91. The van der Waals surface area contributed by atoms with E-state index >= 15 is 0 Å². The van der Waals surface area contributed by atoms with Crippen molar-refractivity contribution in [2.45, 2.75) is 13.3 Å². The number of hydrogen-bond donors (Lipinski definition) is 2. The lowest BCUT2D eigenvalue weighted by Gasteiger charge is -2.01. The van der Waals surface area contributed by atoms with Gasteiger partial charge in [0.05, 0.1) is 16.9 Å². The molecule has 0 atom stereocenters. The molecular formula is C11H11N3O3. The van der Waals surface area contributed by atoms with Gasteiger partial charge in [-0.3, -0.25) is 14.9 Å². The van der Waals surface area contributed by atoms with Crippen LogP contribution in [0.2, 0.25) is 0 Å². The first-order valence-electron chi connectivity index (χ1n) is 4.73. The molecule has 1 aromatic carbocycles. The lowest BCUT2D eigenvalue weighted by Crippen LogP contribution is -2.08. The van der Waals surface area contributed by atoms with Crippen molar-refractivity contribution in [3.8, 4) is 11.8 Å². The maximum atomic E-state index is 10.7. The standard InChI is InChI=1S/C11H11N3O3/c1-7-5-8(3-2-4-10(12)15)11(13)9(6-7)14(16)17/h5-6H,4,13H2,1H3,(H2,12,15). The van der Waals surface area contributed by atoms with Crippen molar-refractivity contribution in [3.05, 3.63) is 33.4 Å². The molecule has 0 aromatic heterocycles.